The van der Waals surface area contributed by atoms with E-state index in [0.717, 1.165) is 6.07 Å². The lowest BCUT2D eigenvalue weighted by Crippen LogP contribution is -2.34. The molecule has 0 radical (unpaired) electrons. The highest BCUT2D eigenvalue weighted by atomic mass is 19.1. The number of nitrogens with zero attached hydrogens (tertiary/aromatic N) is 2. The van der Waals surface area contributed by atoms with Crippen molar-refractivity contribution in [1.82, 2.24) is 10.0 Å². The molecule has 6 nitrogen and oxygen atoms in total. The van der Waals surface area contributed by atoms with Gasteiger partial charge in [0.1, 0.15) is 11.7 Å². The van der Waals surface area contributed by atoms with Gasteiger partial charge < -0.3 is 4.84 Å². The van der Waals surface area contributed by atoms with Crippen molar-refractivity contribution in [2.24, 2.45) is 0 Å². The fourth-order valence-electron chi connectivity index (χ4n) is 2.25. The van der Waals surface area contributed by atoms with Crippen LogP contribution in [0.4, 0.5) is 4.39 Å². The predicted molar refractivity (Wildman–Crippen MR) is 75.6 cm³/mol. The van der Waals surface area contributed by atoms with E-state index in [9.17, 15) is 18.8 Å². The first-order chi connectivity index (χ1) is 11.0. The summed E-state index contributed by atoms with van der Waals surface area (Å²) in [5.41, 5.74) is 0.193. The van der Waals surface area contributed by atoms with Crippen LogP contribution in [0.5, 0.6) is 0 Å². The van der Waals surface area contributed by atoms with Gasteiger partial charge in [-0.1, -0.05) is 17.2 Å². The molecule has 0 aliphatic carbocycles. The summed E-state index contributed by atoms with van der Waals surface area (Å²) in [6.45, 7) is 1.38. The summed E-state index contributed by atoms with van der Waals surface area (Å²) in [6, 6.07) is 8.67. The van der Waals surface area contributed by atoms with E-state index in [4.69, 9.17) is 4.84 Å². The van der Waals surface area contributed by atoms with Crippen molar-refractivity contribution in [3.05, 3.63) is 65.2 Å². The summed E-state index contributed by atoms with van der Waals surface area (Å²) < 4.78 is 13.7. The van der Waals surface area contributed by atoms with Gasteiger partial charge in [-0.15, -0.1) is 0 Å². The Morgan fingerprint density at radius 2 is 1.74 bits per heavy atom. The van der Waals surface area contributed by atoms with Crippen molar-refractivity contribution in [1.29, 1.82) is 0 Å². The molecule has 1 atom stereocenters. The normalized spacial score (nSPS) is 14.6. The first-order valence-corrected chi connectivity index (χ1v) is 6.80. The van der Waals surface area contributed by atoms with E-state index in [1.807, 2.05) is 0 Å². The van der Waals surface area contributed by atoms with Gasteiger partial charge in [-0.05, 0) is 31.2 Å². The lowest BCUT2D eigenvalue weighted by molar-refractivity contribution is -0.170. The minimum atomic E-state index is -1.07. The molecule has 0 fully saturated rings. The van der Waals surface area contributed by atoms with Crippen molar-refractivity contribution in [3.8, 4) is 0 Å². The molecular formula is C16H11FN2O4. The summed E-state index contributed by atoms with van der Waals surface area (Å²) in [4.78, 5) is 45.0. The van der Waals surface area contributed by atoms with Crippen LogP contribution in [-0.2, 0) is 9.63 Å². The van der Waals surface area contributed by atoms with Crippen LogP contribution in [0.3, 0.4) is 0 Å². The van der Waals surface area contributed by atoms with E-state index in [2.05, 4.69) is 4.98 Å². The number of halogens is 1. The van der Waals surface area contributed by atoms with Crippen molar-refractivity contribution >= 4 is 17.8 Å². The maximum atomic E-state index is 13.7. The van der Waals surface area contributed by atoms with Crippen LogP contribution in [0.2, 0.25) is 0 Å². The Balaban J connectivity index is 1.81. The molecule has 0 saturated heterocycles. The average Bonchev–Trinajstić information content (AvgIpc) is 2.80. The third kappa shape index (κ3) is 2.46. The maximum absolute atomic E-state index is 13.7. The van der Waals surface area contributed by atoms with E-state index in [1.165, 1.54) is 31.3 Å². The van der Waals surface area contributed by atoms with E-state index in [1.54, 1.807) is 12.1 Å². The third-order valence-corrected chi connectivity index (χ3v) is 3.49. The van der Waals surface area contributed by atoms with Gasteiger partial charge in [0.2, 0.25) is 0 Å². The van der Waals surface area contributed by atoms with E-state index >= 15 is 0 Å². The summed E-state index contributed by atoms with van der Waals surface area (Å²) >= 11 is 0. The fraction of sp³-hybridized carbons (Fsp3) is 0.125. The molecule has 116 valence electrons. The first kappa shape index (κ1) is 14.8. The lowest BCUT2D eigenvalue weighted by atomic mass is 10.1. The van der Waals surface area contributed by atoms with Gasteiger partial charge in [0.25, 0.3) is 11.8 Å². The number of amides is 2. The number of carbonyl (C=O) groups is 3. The van der Waals surface area contributed by atoms with Gasteiger partial charge >= 0.3 is 5.97 Å². The van der Waals surface area contributed by atoms with Crippen molar-refractivity contribution in [2.75, 3.05) is 0 Å². The third-order valence-electron chi connectivity index (χ3n) is 3.49. The minimum Gasteiger partial charge on any atom is -0.329 e. The molecule has 2 amide bonds. The standard InChI is InChI=1S/C16H11FN2O4/c1-9(13-12(17)7-4-8-18-13)16(22)23-19-14(20)10-5-2-3-6-11(10)15(19)21/h2-9H,1H3. The zero-order chi connectivity index (χ0) is 16.6. The van der Waals surface area contributed by atoms with Gasteiger partial charge in [0, 0.05) is 6.20 Å². The molecule has 0 bridgehead atoms. The lowest BCUT2D eigenvalue weighted by Gasteiger charge is -2.16. The molecule has 2 heterocycles. The zero-order valence-electron chi connectivity index (χ0n) is 12.0. The smallest absolute Gasteiger partial charge is 0.329 e. The maximum Gasteiger partial charge on any atom is 0.342 e. The second kappa shape index (κ2) is 5.60. The van der Waals surface area contributed by atoms with E-state index in [-0.39, 0.29) is 16.8 Å². The molecular weight excluding hydrogens is 303 g/mol. The van der Waals surface area contributed by atoms with Gasteiger partial charge in [-0.2, -0.15) is 0 Å². The van der Waals surface area contributed by atoms with Crippen molar-refractivity contribution in [2.45, 2.75) is 12.8 Å². The van der Waals surface area contributed by atoms with Crippen LogP contribution in [0.25, 0.3) is 0 Å². The van der Waals surface area contributed by atoms with Crippen LogP contribution >= 0.6 is 0 Å². The summed E-state index contributed by atoms with van der Waals surface area (Å²) in [6.07, 6.45) is 1.34. The van der Waals surface area contributed by atoms with Crippen LogP contribution in [0.15, 0.2) is 42.6 Å². The Labute approximate surface area is 130 Å². The molecule has 1 aliphatic rings. The number of benzene rings is 1. The number of hydrogen-bond acceptors (Lipinski definition) is 5. The Hall–Kier alpha value is -3.09. The van der Waals surface area contributed by atoms with E-state index < -0.39 is 29.5 Å². The Kier molecular flexibility index (Phi) is 3.61. The van der Waals surface area contributed by atoms with Crippen molar-refractivity contribution < 1.29 is 23.6 Å². The highest BCUT2D eigenvalue weighted by Crippen LogP contribution is 2.25. The van der Waals surface area contributed by atoms with Gasteiger partial charge in [0.15, 0.2) is 0 Å². The number of rotatable bonds is 3. The fourth-order valence-corrected chi connectivity index (χ4v) is 2.25. The molecule has 23 heavy (non-hydrogen) atoms. The van der Waals surface area contributed by atoms with Gasteiger partial charge in [-0.25, -0.2) is 9.18 Å². The molecule has 0 N–H and O–H groups in total. The number of hydroxylamine groups is 2. The molecule has 1 aliphatic heterocycles. The Bertz CT molecular complexity index is 786. The molecule has 0 saturated carbocycles. The summed E-state index contributed by atoms with van der Waals surface area (Å²) in [7, 11) is 0. The average molecular weight is 314 g/mol. The summed E-state index contributed by atoms with van der Waals surface area (Å²) in [5.74, 6) is -4.14. The predicted octanol–water partition coefficient (Wildman–Crippen LogP) is 2.08. The second-order valence-corrected chi connectivity index (χ2v) is 4.95. The summed E-state index contributed by atoms with van der Waals surface area (Å²) in [5, 5.41) is 0.393. The van der Waals surface area contributed by atoms with Crippen LogP contribution in [-0.4, -0.2) is 27.8 Å². The number of hydrogen-bond donors (Lipinski definition) is 0. The quantitative estimate of drug-likeness (QED) is 0.811. The SMILES string of the molecule is CC(C(=O)ON1C(=O)c2ccccc2C1=O)c1ncccc1F. The second-order valence-electron chi connectivity index (χ2n) is 4.95. The molecule has 2 aromatic rings. The molecule has 1 aromatic heterocycles. The van der Waals surface area contributed by atoms with Gasteiger partial charge in [0.05, 0.1) is 16.8 Å². The molecule has 0 spiro atoms. The molecule has 1 unspecified atom stereocenters. The highest BCUT2D eigenvalue weighted by Gasteiger charge is 2.39. The Morgan fingerprint density at radius 3 is 2.30 bits per heavy atom. The number of fused-ring (bicyclic) bond motifs is 1. The number of imide groups is 1. The number of aromatic nitrogens is 1. The molecule has 1 aromatic carbocycles. The van der Waals surface area contributed by atoms with Crippen LogP contribution < -0.4 is 0 Å². The first-order valence-electron chi connectivity index (χ1n) is 6.80. The van der Waals surface area contributed by atoms with E-state index in [0.29, 0.717) is 5.06 Å². The van der Waals surface area contributed by atoms with Crippen LogP contribution in [0, 0.1) is 5.82 Å². The monoisotopic (exact) mass is 314 g/mol. The van der Waals surface area contributed by atoms with Crippen LogP contribution in [0.1, 0.15) is 39.3 Å². The largest absolute Gasteiger partial charge is 0.342 e. The topological polar surface area (TPSA) is 76.6 Å². The highest BCUT2D eigenvalue weighted by molar-refractivity contribution is 6.20. The molecule has 7 heteroatoms. The van der Waals surface area contributed by atoms with Gasteiger partial charge in [-0.3, -0.25) is 14.6 Å². The number of carbonyl (C=O) groups excluding carboxylic acids is 3. The minimum absolute atomic E-state index is 0.117. The Morgan fingerprint density at radius 1 is 1.13 bits per heavy atom. The number of pyridine rings is 1. The zero-order valence-corrected chi connectivity index (χ0v) is 12.0. The molecule has 3 rings (SSSR count). The van der Waals surface area contributed by atoms with Crippen molar-refractivity contribution in [3.63, 3.8) is 0 Å².